The second kappa shape index (κ2) is 11.4. The summed E-state index contributed by atoms with van der Waals surface area (Å²) < 4.78 is 19.2. The van der Waals surface area contributed by atoms with Gasteiger partial charge in [0.25, 0.3) is 5.56 Å². The van der Waals surface area contributed by atoms with Crippen LogP contribution in [0.25, 0.3) is 10.9 Å². The molecule has 0 saturated carbocycles. The highest BCUT2D eigenvalue weighted by atomic mass is 16.6. The summed E-state index contributed by atoms with van der Waals surface area (Å²) in [6.45, 7) is 4.47. The Labute approximate surface area is 204 Å². The predicted octanol–water partition coefficient (Wildman–Crippen LogP) is 5.88. The van der Waals surface area contributed by atoms with Crippen molar-refractivity contribution in [3.05, 3.63) is 100 Å². The molecule has 0 aliphatic carbocycles. The van der Waals surface area contributed by atoms with E-state index in [2.05, 4.69) is 6.92 Å². The zero-order valence-electron chi connectivity index (χ0n) is 20.0. The number of unbranched alkanes of at least 4 members (excludes halogenated alkanes) is 1. The molecule has 35 heavy (non-hydrogen) atoms. The molecule has 0 saturated heterocycles. The van der Waals surface area contributed by atoms with Crippen LogP contribution >= 0.6 is 0 Å². The molecule has 0 aliphatic rings. The number of carbonyl (C=O) groups excluding carboxylic acids is 1. The van der Waals surface area contributed by atoms with Crippen molar-refractivity contribution in [2.24, 2.45) is 0 Å². The number of fused-ring (bicyclic) bond motifs is 1. The van der Waals surface area contributed by atoms with Crippen LogP contribution in [-0.4, -0.2) is 10.5 Å². The van der Waals surface area contributed by atoms with Crippen molar-refractivity contribution in [1.29, 1.82) is 0 Å². The Bertz CT molecular complexity index is 1350. The fourth-order valence-corrected chi connectivity index (χ4v) is 3.85. The number of rotatable bonds is 10. The lowest BCUT2D eigenvalue weighted by Crippen LogP contribution is -2.25. The first kappa shape index (κ1) is 24.1. The second-order valence-corrected chi connectivity index (χ2v) is 8.29. The molecule has 180 valence electrons. The van der Waals surface area contributed by atoms with Gasteiger partial charge in [-0.1, -0.05) is 74.0 Å². The highest BCUT2D eigenvalue weighted by Gasteiger charge is 2.22. The van der Waals surface area contributed by atoms with Crippen molar-refractivity contribution >= 4 is 16.9 Å². The Hall–Kier alpha value is -4.06. The summed E-state index contributed by atoms with van der Waals surface area (Å²) >= 11 is 0. The van der Waals surface area contributed by atoms with Gasteiger partial charge in [-0.25, -0.2) is 0 Å². The van der Waals surface area contributed by atoms with Crippen LogP contribution in [0, 0.1) is 0 Å². The molecule has 6 heteroatoms. The first-order valence-corrected chi connectivity index (χ1v) is 11.8. The Morgan fingerprint density at radius 2 is 1.46 bits per heavy atom. The first-order valence-electron chi connectivity index (χ1n) is 11.8. The van der Waals surface area contributed by atoms with Crippen molar-refractivity contribution < 1.29 is 19.0 Å². The fourth-order valence-electron chi connectivity index (χ4n) is 3.85. The van der Waals surface area contributed by atoms with Gasteiger partial charge in [-0.3, -0.25) is 9.59 Å². The molecule has 0 fully saturated rings. The van der Waals surface area contributed by atoms with Crippen LogP contribution in [0.5, 0.6) is 17.2 Å². The van der Waals surface area contributed by atoms with Crippen molar-refractivity contribution in [3.63, 3.8) is 0 Å². The molecule has 4 rings (SSSR count). The molecular weight excluding hydrogens is 442 g/mol. The average molecular weight is 472 g/mol. The molecule has 1 heterocycles. The van der Waals surface area contributed by atoms with Gasteiger partial charge in [0.1, 0.15) is 19.0 Å². The van der Waals surface area contributed by atoms with E-state index >= 15 is 0 Å². The van der Waals surface area contributed by atoms with Crippen LogP contribution in [0.4, 0.5) is 0 Å². The van der Waals surface area contributed by atoms with Crippen molar-refractivity contribution in [2.45, 2.75) is 46.4 Å². The normalized spacial score (nSPS) is 10.8. The van der Waals surface area contributed by atoms with E-state index in [9.17, 15) is 9.59 Å². The van der Waals surface area contributed by atoms with Gasteiger partial charge in [-0.15, -0.1) is 0 Å². The van der Waals surface area contributed by atoms with Crippen LogP contribution in [0.2, 0.25) is 0 Å². The van der Waals surface area contributed by atoms with E-state index < -0.39 is 11.5 Å². The minimum atomic E-state index is -0.573. The Kier molecular flexibility index (Phi) is 7.83. The lowest BCUT2D eigenvalue weighted by atomic mass is 10.1. The Balaban J connectivity index is 1.79. The largest absolute Gasteiger partial charge is 0.489 e. The molecule has 0 spiro atoms. The quantitative estimate of drug-likeness (QED) is 0.270. The molecule has 6 nitrogen and oxygen atoms in total. The number of aryl methyl sites for hydroxylation is 1. The first-order chi connectivity index (χ1) is 17.1. The molecule has 0 unspecified atom stereocenters. The molecule has 4 aromatic rings. The predicted molar refractivity (Wildman–Crippen MR) is 136 cm³/mol. The maximum absolute atomic E-state index is 13.5. The van der Waals surface area contributed by atoms with E-state index in [1.165, 1.54) is 6.92 Å². The minimum absolute atomic E-state index is 0.0880. The number of hydrogen-bond acceptors (Lipinski definition) is 5. The molecule has 0 atom stereocenters. The van der Waals surface area contributed by atoms with Crippen LogP contribution in [-0.2, 0) is 24.6 Å². The zero-order chi connectivity index (χ0) is 24.6. The fraction of sp³-hybridized carbons (Fsp3) is 0.241. The van der Waals surface area contributed by atoms with Crippen molar-refractivity contribution in [2.75, 3.05) is 0 Å². The summed E-state index contributed by atoms with van der Waals surface area (Å²) in [5, 5.41) is 0.681. The van der Waals surface area contributed by atoms with Crippen LogP contribution in [0.3, 0.4) is 0 Å². The SMILES string of the molecule is CCCCn1c(=O)c(OC(C)=O)c(OCc2ccccc2)c2ccc(OCc3ccccc3)cc21. The molecule has 0 amide bonds. The highest BCUT2D eigenvalue weighted by Crippen LogP contribution is 2.35. The van der Waals surface area contributed by atoms with E-state index in [0.29, 0.717) is 29.8 Å². The van der Waals surface area contributed by atoms with Gasteiger partial charge in [0.15, 0.2) is 5.75 Å². The summed E-state index contributed by atoms with van der Waals surface area (Å²) in [7, 11) is 0. The average Bonchev–Trinajstić information content (AvgIpc) is 2.88. The number of benzene rings is 3. The van der Waals surface area contributed by atoms with Gasteiger partial charge >= 0.3 is 5.97 Å². The number of carbonyl (C=O) groups is 1. The van der Waals surface area contributed by atoms with Gasteiger partial charge in [0.2, 0.25) is 5.75 Å². The third-order valence-corrected chi connectivity index (χ3v) is 5.61. The van der Waals surface area contributed by atoms with Gasteiger partial charge in [-0.05, 0) is 29.7 Å². The lowest BCUT2D eigenvalue weighted by molar-refractivity contribution is -0.132. The zero-order valence-corrected chi connectivity index (χ0v) is 20.0. The second-order valence-electron chi connectivity index (χ2n) is 8.29. The van der Waals surface area contributed by atoms with Gasteiger partial charge in [0, 0.05) is 24.9 Å². The third kappa shape index (κ3) is 5.90. The summed E-state index contributed by atoms with van der Waals surface area (Å²) in [6, 6.07) is 25.1. The van der Waals surface area contributed by atoms with Crippen molar-refractivity contribution in [3.8, 4) is 17.2 Å². The maximum atomic E-state index is 13.5. The van der Waals surface area contributed by atoms with E-state index in [0.717, 1.165) is 24.0 Å². The van der Waals surface area contributed by atoms with E-state index in [1.54, 1.807) is 4.57 Å². The smallest absolute Gasteiger partial charge is 0.308 e. The maximum Gasteiger partial charge on any atom is 0.308 e. The number of ether oxygens (including phenoxy) is 3. The monoisotopic (exact) mass is 471 g/mol. The molecule has 0 radical (unpaired) electrons. The number of nitrogens with zero attached hydrogens (tertiary/aromatic N) is 1. The molecular formula is C29H29NO5. The third-order valence-electron chi connectivity index (χ3n) is 5.61. The van der Waals surface area contributed by atoms with Crippen LogP contribution in [0.15, 0.2) is 83.7 Å². The molecule has 1 aromatic heterocycles. The van der Waals surface area contributed by atoms with Gasteiger partial charge in [-0.2, -0.15) is 0 Å². The standard InChI is InChI=1S/C29H29NO5/c1-3-4-17-30-26-18-24(33-19-22-11-7-5-8-12-22)15-16-25(26)27(28(29(30)32)35-21(2)31)34-20-23-13-9-6-10-14-23/h5-16,18H,3-4,17,19-20H2,1-2H3. The molecule has 0 N–H and O–H groups in total. The minimum Gasteiger partial charge on any atom is -0.489 e. The number of hydrogen-bond donors (Lipinski definition) is 0. The number of pyridine rings is 1. The Morgan fingerprint density at radius 1 is 0.829 bits per heavy atom. The van der Waals surface area contributed by atoms with E-state index in [1.807, 2.05) is 78.9 Å². The number of esters is 1. The Morgan fingerprint density at radius 3 is 2.06 bits per heavy atom. The van der Waals surface area contributed by atoms with E-state index in [-0.39, 0.29) is 18.1 Å². The van der Waals surface area contributed by atoms with Crippen LogP contribution in [0.1, 0.15) is 37.8 Å². The summed E-state index contributed by atoms with van der Waals surface area (Å²) in [4.78, 5) is 25.4. The van der Waals surface area contributed by atoms with Gasteiger partial charge in [0.05, 0.1) is 5.52 Å². The van der Waals surface area contributed by atoms with Gasteiger partial charge < -0.3 is 18.8 Å². The summed E-state index contributed by atoms with van der Waals surface area (Å²) in [6.07, 6.45) is 1.71. The molecule has 0 bridgehead atoms. The van der Waals surface area contributed by atoms with Crippen molar-refractivity contribution in [1.82, 2.24) is 4.57 Å². The molecule has 0 aliphatic heterocycles. The highest BCUT2D eigenvalue weighted by molar-refractivity contribution is 5.90. The lowest BCUT2D eigenvalue weighted by Gasteiger charge is -2.18. The number of aromatic nitrogens is 1. The topological polar surface area (TPSA) is 66.8 Å². The molecule has 3 aromatic carbocycles. The van der Waals surface area contributed by atoms with Crippen LogP contribution < -0.4 is 19.8 Å². The van der Waals surface area contributed by atoms with E-state index in [4.69, 9.17) is 14.2 Å². The summed E-state index contributed by atoms with van der Waals surface area (Å²) in [5.41, 5.74) is 2.26. The summed E-state index contributed by atoms with van der Waals surface area (Å²) in [5.74, 6) is 0.234.